The molecule has 0 saturated carbocycles. The fourth-order valence-corrected chi connectivity index (χ4v) is 5.78. The molecule has 0 aliphatic heterocycles. The smallest absolute Gasteiger partial charge is 0.335 e. The maximum absolute atomic E-state index is 11.9. The molecule has 3 nitrogen and oxygen atoms in total. The van der Waals surface area contributed by atoms with Crippen molar-refractivity contribution in [3.63, 3.8) is 0 Å². The third-order valence-corrected chi connectivity index (χ3v) is 7.83. The first-order valence-electron chi connectivity index (χ1n) is 12.6. The second-order valence-corrected chi connectivity index (χ2v) is 10.1. The van der Waals surface area contributed by atoms with Crippen molar-refractivity contribution in [1.82, 2.24) is 5.32 Å². The summed E-state index contributed by atoms with van der Waals surface area (Å²) in [5.41, 5.74) is 7.48. The summed E-state index contributed by atoms with van der Waals surface area (Å²) in [7, 11) is 0. The SMILES string of the molecule is Cc1cc(C2CC(CN[C@H](C)c3cccc4ccccc34)Cc3ccccc32)cc(C(=O)O)c1C. The Morgan fingerprint density at radius 3 is 2.57 bits per heavy atom. The van der Waals surface area contributed by atoms with Gasteiger partial charge in [0.1, 0.15) is 0 Å². The molecule has 0 amide bonds. The van der Waals surface area contributed by atoms with Crippen LogP contribution in [0.1, 0.15) is 69.0 Å². The summed E-state index contributed by atoms with van der Waals surface area (Å²) < 4.78 is 0. The van der Waals surface area contributed by atoms with Crippen molar-refractivity contribution in [2.45, 2.75) is 45.6 Å². The average molecular weight is 464 g/mol. The third-order valence-electron chi connectivity index (χ3n) is 7.83. The van der Waals surface area contributed by atoms with Crippen LogP contribution in [0.15, 0.2) is 78.9 Å². The minimum Gasteiger partial charge on any atom is -0.478 e. The molecule has 0 heterocycles. The summed E-state index contributed by atoms with van der Waals surface area (Å²) >= 11 is 0. The zero-order chi connectivity index (χ0) is 24.5. The number of aryl methyl sites for hydroxylation is 1. The number of hydrogen-bond acceptors (Lipinski definition) is 2. The van der Waals surface area contributed by atoms with Gasteiger partial charge in [-0.05, 0) is 96.3 Å². The molecular weight excluding hydrogens is 430 g/mol. The molecule has 4 aromatic carbocycles. The molecule has 1 aliphatic rings. The molecule has 3 atom stereocenters. The van der Waals surface area contributed by atoms with E-state index in [1.807, 2.05) is 19.9 Å². The van der Waals surface area contributed by atoms with Crippen LogP contribution in [0.5, 0.6) is 0 Å². The lowest BCUT2D eigenvalue weighted by atomic mass is 9.73. The lowest BCUT2D eigenvalue weighted by Crippen LogP contribution is -2.31. The highest BCUT2D eigenvalue weighted by molar-refractivity contribution is 5.90. The van der Waals surface area contributed by atoms with Gasteiger partial charge in [-0.2, -0.15) is 0 Å². The molecule has 35 heavy (non-hydrogen) atoms. The standard InChI is InChI=1S/C32H33NO2/c1-20-15-26(18-30(21(20)2)32(34)35)31-17-23(16-25-10-5-7-13-29(25)31)19-33-22(3)27-14-8-11-24-9-4-6-12-28(24)27/h4-15,18,22-23,31,33H,16-17,19H2,1-3H3,(H,34,35)/t22-,23?,31?/m1/s1. The van der Waals surface area contributed by atoms with Crippen molar-refractivity contribution in [2.24, 2.45) is 5.92 Å². The van der Waals surface area contributed by atoms with Crippen molar-refractivity contribution >= 4 is 16.7 Å². The molecule has 2 unspecified atom stereocenters. The molecule has 0 bridgehead atoms. The van der Waals surface area contributed by atoms with E-state index in [9.17, 15) is 9.90 Å². The molecule has 0 radical (unpaired) electrons. The number of nitrogens with one attached hydrogen (secondary N) is 1. The van der Waals surface area contributed by atoms with Crippen molar-refractivity contribution < 1.29 is 9.90 Å². The van der Waals surface area contributed by atoms with E-state index in [1.165, 1.54) is 27.5 Å². The maximum Gasteiger partial charge on any atom is 0.335 e. The molecule has 178 valence electrons. The number of benzene rings is 4. The van der Waals surface area contributed by atoms with Crippen molar-refractivity contribution in [3.05, 3.63) is 118 Å². The summed E-state index contributed by atoms with van der Waals surface area (Å²) in [6.45, 7) is 7.09. The number of aromatic carboxylic acids is 1. The average Bonchev–Trinajstić information content (AvgIpc) is 2.87. The molecule has 4 aromatic rings. The summed E-state index contributed by atoms with van der Waals surface area (Å²) in [6, 6.07) is 28.1. The molecule has 0 fully saturated rings. The van der Waals surface area contributed by atoms with Gasteiger partial charge in [0.05, 0.1) is 5.56 Å². The van der Waals surface area contributed by atoms with E-state index in [1.54, 1.807) is 0 Å². The molecule has 1 aliphatic carbocycles. The van der Waals surface area contributed by atoms with Gasteiger partial charge in [-0.25, -0.2) is 4.79 Å². The molecule has 0 aromatic heterocycles. The van der Waals surface area contributed by atoms with Gasteiger partial charge in [0.2, 0.25) is 0 Å². The zero-order valence-electron chi connectivity index (χ0n) is 20.7. The van der Waals surface area contributed by atoms with Gasteiger partial charge in [-0.1, -0.05) is 72.8 Å². The van der Waals surface area contributed by atoms with E-state index in [2.05, 4.69) is 85.0 Å². The highest BCUT2D eigenvalue weighted by Crippen LogP contribution is 2.40. The first kappa shape index (κ1) is 23.3. The van der Waals surface area contributed by atoms with E-state index < -0.39 is 5.97 Å². The number of carboxylic acid groups (broad SMARTS) is 1. The Kier molecular flexibility index (Phi) is 6.44. The highest BCUT2D eigenvalue weighted by Gasteiger charge is 2.29. The predicted octanol–water partition coefficient (Wildman–Crippen LogP) is 7.20. The predicted molar refractivity (Wildman–Crippen MR) is 143 cm³/mol. The van der Waals surface area contributed by atoms with Crippen molar-refractivity contribution in [2.75, 3.05) is 6.54 Å². The Hall–Kier alpha value is -3.43. The van der Waals surface area contributed by atoms with Crippen LogP contribution in [0.25, 0.3) is 10.8 Å². The van der Waals surface area contributed by atoms with Crippen molar-refractivity contribution in [1.29, 1.82) is 0 Å². The maximum atomic E-state index is 11.9. The minimum absolute atomic E-state index is 0.206. The van der Waals surface area contributed by atoms with Gasteiger partial charge in [0.25, 0.3) is 0 Å². The monoisotopic (exact) mass is 463 g/mol. The third kappa shape index (κ3) is 4.61. The van der Waals surface area contributed by atoms with Gasteiger partial charge in [0, 0.05) is 12.0 Å². The lowest BCUT2D eigenvalue weighted by molar-refractivity contribution is 0.0696. The van der Waals surface area contributed by atoms with Crippen LogP contribution < -0.4 is 5.32 Å². The van der Waals surface area contributed by atoms with Gasteiger partial charge < -0.3 is 10.4 Å². The van der Waals surface area contributed by atoms with E-state index in [4.69, 9.17) is 0 Å². The summed E-state index contributed by atoms with van der Waals surface area (Å²) in [5, 5.41) is 16.2. The molecule has 5 rings (SSSR count). The minimum atomic E-state index is -0.848. The summed E-state index contributed by atoms with van der Waals surface area (Å²) in [6.07, 6.45) is 2.05. The van der Waals surface area contributed by atoms with Crippen molar-refractivity contribution in [3.8, 4) is 0 Å². The molecular formula is C32H33NO2. The quantitative estimate of drug-likeness (QED) is 0.318. The zero-order valence-corrected chi connectivity index (χ0v) is 20.7. The van der Waals surface area contributed by atoms with E-state index in [0.29, 0.717) is 11.5 Å². The van der Waals surface area contributed by atoms with E-state index >= 15 is 0 Å². The molecule has 0 saturated heterocycles. The Bertz CT molecular complexity index is 1380. The number of rotatable bonds is 6. The second kappa shape index (κ2) is 9.67. The van der Waals surface area contributed by atoms with Gasteiger partial charge in [0.15, 0.2) is 0 Å². The first-order chi connectivity index (χ1) is 16.9. The van der Waals surface area contributed by atoms with Gasteiger partial charge in [-0.15, -0.1) is 0 Å². The fourth-order valence-electron chi connectivity index (χ4n) is 5.78. The Labute approximate surface area is 207 Å². The summed E-state index contributed by atoms with van der Waals surface area (Å²) in [4.78, 5) is 11.9. The van der Waals surface area contributed by atoms with Crippen LogP contribution in [-0.2, 0) is 6.42 Å². The lowest BCUT2D eigenvalue weighted by Gasteiger charge is -2.33. The van der Waals surface area contributed by atoms with Crippen LogP contribution in [-0.4, -0.2) is 17.6 Å². The number of carbonyl (C=O) groups is 1. The number of carboxylic acids is 1. The first-order valence-corrected chi connectivity index (χ1v) is 12.6. The fraction of sp³-hybridized carbons (Fsp3) is 0.281. The van der Waals surface area contributed by atoms with Gasteiger partial charge in [-0.3, -0.25) is 0 Å². The highest BCUT2D eigenvalue weighted by atomic mass is 16.4. The van der Waals surface area contributed by atoms with Crippen LogP contribution in [0.3, 0.4) is 0 Å². The Morgan fingerprint density at radius 1 is 1.00 bits per heavy atom. The van der Waals surface area contributed by atoms with E-state index in [-0.39, 0.29) is 12.0 Å². The van der Waals surface area contributed by atoms with Crippen LogP contribution in [0.2, 0.25) is 0 Å². The topological polar surface area (TPSA) is 49.3 Å². The Balaban J connectivity index is 1.41. The molecule has 2 N–H and O–H groups in total. The molecule has 3 heteroatoms. The molecule has 0 spiro atoms. The normalized spacial score (nSPS) is 18.3. The Morgan fingerprint density at radius 2 is 1.74 bits per heavy atom. The number of fused-ring (bicyclic) bond motifs is 2. The van der Waals surface area contributed by atoms with Crippen LogP contribution in [0, 0.1) is 19.8 Å². The second-order valence-electron chi connectivity index (χ2n) is 10.1. The van der Waals surface area contributed by atoms with Gasteiger partial charge >= 0.3 is 5.97 Å². The van der Waals surface area contributed by atoms with Crippen LogP contribution in [0.4, 0.5) is 0 Å². The summed E-state index contributed by atoms with van der Waals surface area (Å²) in [5.74, 6) is -0.169. The van der Waals surface area contributed by atoms with Crippen LogP contribution >= 0.6 is 0 Å². The van der Waals surface area contributed by atoms with E-state index in [0.717, 1.165) is 36.1 Å². The number of hydrogen-bond donors (Lipinski definition) is 2. The largest absolute Gasteiger partial charge is 0.478 e.